The Balaban J connectivity index is 2.64. The van der Waals surface area contributed by atoms with Gasteiger partial charge in [-0.3, -0.25) is 10.1 Å². The van der Waals surface area contributed by atoms with Crippen molar-refractivity contribution in [2.24, 2.45) is 0 Å². The Bertz CT molecular complexity index is 634. The van der Waals surface area contributed by atoms with E-state index in [1.807, 2.05) is 0 Å². The van der Waals surface area contributed by atoms with Crippen LogP contribution in [-0.4, -0.2) is 14.7 Å². The lowest BCUT2D eigenvalue weighted by Gasteiger charge is -2.12. The van der Waals surface area contributed by atoms with Crippen molar-refractivity contribution in [2.45, 2.75) is 13.1 Å². The lowest BCUT2D eigenvalue weighted by molar-refractivity contribution is -0.385. The summed E-state index contributed by atoms with van der Waals surface area (Å²) in [6.45, 7) is 1.68. The summed E-state index contributed by atoms with van der Waals surface area (Å²) in [5.74, 6) is 0. The van der Waals surface area contributed by atoms with E-state index in [1.54, 1.807) is 6.92 Å². The molecule has 100 valence electrons. The first-order valence-electron chi connectivity index (χ1n) is 5.16. The number of nitrogens with zero attached hydrogens (tertiary/aromatic N) is 3. The van der Waals surface area contributed by atoms with Crippen molar-refractivity contribution in [3.8, 4) is 5.69 Å². The maximum Gasteiger partial charge on any atom is 0.418 e. The van der Waals surface area contributed by atoms with Crippen LogP contribution in [0.1, 0.15) is 11.1 Å². The zero-order valence-electron chi connectivity index (χ0n) is 9.68. The summed E-state index contributed by atoms with van der Waals surface area (Å²) < 4.78 is 39.8. The average Bonchev–Trinajstić information content (AvgIpc) is 2.73. The number of aryl methyl sites for hydroxylation is 1. The van der Waals surface area contributed by atoms with Crippen LogP contribution in [0.15, 0.2) is 30.6 Å². The fraction of sp³-hybridized carbons (Fsp3) is 0.182. The molecule has 0 bridgehead atoms. The first kappa shape index (κ1) is 13.1. The van der Waals surface area contributed by atoms with Crippen molar-refractivity contribution < 1.29 is 18.1 Å². The van der Waals surface area contributed by atoms with Crippen molar-refractivity contribution in [2.75, 3.05) is 0 Å². The molecule has 0 fully saturated rings. The molecule has 1 heterocycles. The zero-order chi connectivity index (χ0) is 14.2. The largest absolute Gasteiger partial charge is 0.418 e. The van der Waals surface area contributed by atoms with E-state index in [4.69, 9.17) is 0 Å². The molecular weight excluding hydrogens is 263 g/mol. The Morgan fingerprint density at radius 2 is 2.05 bits per heavy atom. The van der Waals surface area contributed by atoms with Gasteiger partial charge in [0.05, 0.1) is 22.4 Å². The number of hydrogen-bond acceptors (Lipinski definition) is 3. The molecule has 2 aromatic rings. The summed E-state index contributed by atoms with van der Waals surface area (Å²) in [5, 5.41) is 14.3. The van der Waals surface area contributed by atoms with Crippen molar-refractivity contribution in [1.82, 2.24) is 9.78 Å². The molecule has 0 saturated heterocycles. The normalized spacial score (nSPS) is 11.6. The van der Waals surface area contributed by atoms with Gasteiger partial charge in [0.25, 0.3) is 5.69 Å². The minimum atomic E-state index is -4.69. The third-order valence-electron chi connectivity index (χ3n) is 2.45. The molecule has 0 aliphatic rings. The van der Waals surface area contributed by atoms with Gasteiger partial charge in [-0.25, -0.2) is 4.68 Å². The Labute approximate surface area is 105 Å². The predicted molar refractivity (Wildman–Crippen MR) is 60.0 cm³/mol. The molecule has 2 rings (SSSR count). The molecule has 1 aromatic heterocycles. The number of nitro benzene ring substituents is 1. The van der Waals surface area contributed by atoms with Gasteiger partial charge >= 0.3 is 6.18 Å². The predicted octanol–water partition coefficient (Wildman–Crippen LogP) is 3.11. The molecule has 0 spiro atoms. The maximum absolute atomic E-state index is 12.9. The van der Waals surface area contributed by atoms with E-state index in [-0.39, 0.29) is 5.69 Å². The van der Waals surface area contributed by atoms with E-state index in [0.717, 1.165) is 16.8 Å². The van der Waals surface area contributed by atoms with Crippen LogP contribution in [0.25, 0.3) is 5.69 Å². The minimum Gasteiger partial charge on any atom is -0.258 e. The molecule has 0 atom stereocenters. The topological polar surface area (TPSA) is 61.0 Å². The summed E-state index contributed by atoms with van der Waals surface area (Å²) in [4.78, 5) is 9.68. The monoisotopic (exact) mass is 271 g/mol. The molecule has 5 nitrogen and oxygen atoms in total. The molecule has 0 radical (unpaired) electrons. The second-order valence-corrected chi connectivity index (χ2v) is 3.92. The van der Waals surface area contributed by atoms with Crippen LogP contribution in [0.3, 0.4) is 0 Å². The fourth-order valence-corrected chi connectivity index (χ4v) is 1.61. The molecule has 0 aliphatic heterocycles. The van der Waals surface area contributed by atoms with Crippen LogP contribution in [0, 0.1) is 17.0 Å². The average molecular weight is 271 g/mol. The number of rotatable bonds is 2. The van der Waals surface area contributed by atoms with E-state index in [1.165, 1.54) is 12.4 Å². The molecule has 1 aromatic carbocycles. The number of aromatic nitrogens is 2. The molecule has 0 amide bonds. The quantitative estimate of drug-likeness (QED) is 0.622. The highest BCUT2D eigenvalue weighted by Crippen LogP contribution is 2.35. The van der Waals surface area contributed by atoms with Gasteiger partial charge in [-0.1, -0.05) is 0 Å². The summed E-state index contributed by atoms with van der Waals surface area (Å²) in [5.41, 5.74) is -1.26. The molecule has 0 aliphatic carbocycles. The van der Waals surface area contributed by atoms with Crippen LogP contribution in [0.4, 0.5) is 18.9 Å². The SMILES string of the molecule is Cc1cnn(-c2ccc([N+](=O)[O-])cc2C(F)(F)F)c1. The number of benzene rings is 1. The van der Waals surface area contributed by atoms with Gasteiger partial charge in [0.1, 0.15) is 0 Å². The van der Waals surface area contributed by atoms with Crippen molar-refractivity contribution in [3.05, 3.63) is 51.8 Å². The van der Waals surface area contributed by atoms with Crippen LogP contribution < -0.4 is 0 Å². The molecular formula is C11H8F3N3O2. The van der Waals surface area contributed by atoms with Crippen LogP contribution in [-0.2, 0) is 6.18 Å². The Morgan fingerprint density at radius 3 is 2.53 bits per heavy atom. The van der Waals surface area contributed by atoms with E-state index in [2.05, 4.69) is 5.10 Å². The van der Waals surface area contributed by atoms with Crippen LogP contribution in [0.5, 0.6) is 0 Å². The molecule has 19 heavy (non-hydrogen) atoms. The maximum atomic E-state index is 12.9. The second kappa shape index (κ2) is 4.38. The number of non-ortho nitro benzene ring substituents is 1. The zero-order valence-corrected chi connectivity index (χ0v) is 9.68. The van der Waals surface area contributed by atoms with E-state index >= 15 is 0 Å². The van der Waals surface area contributed by atoms with E-state index < -0.39 is 22.4 Å². The van der Waals surface area contributed by atoms with Gasteiger partial charge in [-0.05, 0) is 18.6 Å². The summed E-state index contributed by atoms with van der Waals surface area (Å²) in [6, 6.07) is 2.56. The first-order chi connectivity index (χ1) is 8.79. The highest BCUT2D eigenvalue weighted by molar-refractivity contribution is 5.49. The first-order valence-corrected chi connectivity index (χ1v) is 5.16. The second-order valence-electron chi connectivity index (χ2n) is 3.92. The van der Waals surface area contributed by atoms with E-state index in [0.29, 0.717) is 11.6 Å². The Kier molecular flexibility index (Phi) is 3.01. The summed E-state index contributed by atoms with van der Waals surface area (Å²) >= 11 is 0. The van der Waals surface area contributed by atoms with Gasteiger partial charge in [0, 0.05) is 18.3 Å². The Morgan fingerprint density at radius 1 is 1.37 bits per heavy atom. The number of halogens is 3. The third kappa shape index (κ3) is 2.56. The van der Waals surface area contributed by atoms with Gasteiger partial charge in [-0.2, -0.15) is 18.3 Å². The number of hydrogen-bond donors (Lipinski definition) is 0. The lowest BCUT2D eigenvalue weighted by Crippen LogP contribution is -2.11. The molecule has 0 unspecified atom stereocenters. The van der Waals surface area contributed by atoms with Gasteiger partial charge < -0.3 is 0 Å². The van der Waals surface area contributed by atoms with Gasteiger partial charge in [0.15, 0.2) is 0 Å². The van der Waals surface area contributed by atoms with Crippen LogP contribution >= 0.6 is 0 Å². The summed E-state index contributed by atoms with van der Waals surface area (Å²) in [6.07, 6.45) is -1.88. The highest BCUT2D eigenvalue weighted by atomic mass is 19.4. The van der Waals surface area contributed by atoms with Crippen molar-refractivity contribution >= 4 is 5.69 Å². The molecule has 0 saturated carbocycles. The van der Waals surface area contributed by atoms with Gasteiger partial charge in [-0.15, -0.1) is 0 Å². The standard InChI is InChI=1S/C11H8F3N3O2/c1-7-5-15-16(6-7)10-3-2-8(17(18)19)4-9(10)11(12,13)14/h2-6H,1H3. The lowest BCUT2D eigenvalue weighted by atomic mass is 10.1. The Hall–Kier alpha value is -2.38. The smallest absolute Gasteiger partial charge is 0.258 e. The minimum absolute atomic E-state index is 0.244. The number of alkyl halides is 3. The van der Waals surface area contributed by atoms with Crippen molar-refractivity contribution in [1.29, 1.82) is 0 Å². The molecule has 0 N–H and O–H groups in total. The van der Waals surface area contributed by atoms with Gasteiger partial charge in [0.2, 0.25) is 0 Å². The number of nitro groups is 1. The fourth-order valence-electron chi connectivity index (χ4n) is 1.61. The van der Waals surface area contributed by atoms with Crippen LogP contribution in [0.2, 0.25) is 0 Å². The molecule has 8 heteroatoms. The van der Waals surface area contributed by atoms with Crippen molar-refractivity contribution in [3.63, 3.8) is 0 Å². The summed E-state index contributed by atoms with van der Waals surface area (Å²) in [7, 11) is 0. The van der Waals surface area contributed by atoms with E-state index in [9.17, 15) is 23.3 Å². The third-order valence-corrected chi connectivity index (χ3v) is 2.45. The highest BCUT2D eigenvalue weighted by Gasteiger charge is 2.35.